The average molecular weight is 650 g/mol. The molecule has 0 radical (unpaired) electrons. The molecular weight excluding hydrogens is 624 g/mol. The molecule has 0 unspecified atom stereocenters. The summed E-state index contributed by atoms with van der Waals surface area (Å²) in [6.07, 6.45) is 1.98. The minimum Gasteiger partial charge on any atom is -0.457 e. The molecule has 3 heterocycles. The summed E-state index contributed by atoms with van der Waals surface area (Å²) in [4.78, 5) is 18.3. The molecule has 212 valence electrons. The number of halogens is 2. The van der Waals surface area contributed by atoms with Crippen LogP contribution in [0.2, 0.25) is 5.02 Å². The summed E-state index contributed by atoms with van der Waals surface area (Å²) < 4.78 is 8.97. The topological polar surface area (TPSA) is 67.7 Å². The van der Waals surface area contributed by atoms with Gasteiger partial charge in [-0.3, -0.25) is 9.20 Å². The lowest BCUT2D eigenvalue weighted by molar-refractivity contribution is -0.122. The van der Waals surface area contributed by atoms with Gasteiger partial charge in [0.2, 0.25) is 5.91 Å². The number of ether oxygens (including phenoxy) is 1. The van der Waals surface area contributed by atoms with E-state index in [0.29, 0.717) is 18.1 Å². The lowest BCUT2D eigenvalue weighted by Gasteiger charge is -2.27. The van der Waals surface area contributed by atoms with E-state index in [2.05, 4.69) is 38.7 Å². The number of rotatable bonds is 7. The second-order valence-electron chi connectivity index (χ2n) is 10.4. The SMILES string of the molecule is O=C(NCc1ccc(CNc2cc(-c3ccccc3Cl)nc3c(Br)ccn23)cc1)C1c2ccccc2Oc2ccccc21. The molecule has 8 heteroatoms. The zero-order valence-corrected chi connectivity index (χ0v) is 25.3. The Labute approximate surface area is 262 Å². The Morgan fingerprint density at radius 3 is 2.16 bits per heavy atom. The molecule has 1 aliphatic heterocycles. The van der Waals surface area contributed by atoms with Gasteiger partial charge in [0, 0.05) is 47.1 Å². The Hall–Kier alpha value is -4.59. The van der Waals surface area contributed by atoms with Crippen molar-refractivity contribution in [3.63, 3.8) is 0 Å². The Morgan fingerprint density at radius 1 is 0.837 bits per heavy atom. The second-order valence-corrected chi connectivity index (χ2v) is 11.6. The normalized spacial score (nSPS) is 12.3. The largest absolute Gasteiger partial charge is 0.457 e. The molecule has 4 aromatic carbocycles. The van der Waals surface area contributed by atoms with E-state index >= 15 is 0 Å². The zero-order valence-electron chi connectivity index (χ0n) is 22.9. The van der Waals surface area contributed by atoms with E-state index in [-0.39, 0.29) is 5.91 Å². The fourth-order valence-electron chi connectivity index (χ4n) is 5.44. The van der Waals surface area contributed by atoms with Gasteiger partial charge in [0.15, 0.2) is 5.65 Å². The van der Waals surface area contributed by atoms with Gasteiger partial charge in [-0.1, -0.05) is 90.5 Å². The number of hydrogen-bond donors (Lipinski definition) is 2. The van der Waals surface area contributed by atoms with Crippen LogP contribution in [0.4, 0.5) is 5.82 Å². The molecule has 0 bridgehead atoms. The van der Waals surface area contributed by atoms with Crippen molar-refractivity contribution in [2.75, 3.05) is 5.32 Å². The molecule has 2 aromatic heterocycles. The fraction of sp³-hybridized carbons (Fsp3) is 0.0857. The zero-order chi connectivity index (χ0) is 29.3. The smallest absolute Gasteiger partial charge is 0.232 e. The molecule has 2 N–H and O–H groups in total. The summed E-state index contributed by atoms with van der Waals surface area (Å²) in [5, 5.41) is 7.35. The van der Waals surface area contributed by atoms with Gasteiger partial charge < -0.3 is 15.4 Å². The van der Waals surface area contributed by atoms with Crippen molar-refractivity contribution in [3.8, 4) is 22.8 Å². The standard InChI is InChI=1S/C35H26BrClN4O2/c36-27-17-18-41-32(19-29(40-34(27)41)24-7-1-4-10-28(24)37)38-20-22-13-15-23(16-14-22)21-39-35(42)33-25-8-2-5-11-30(25)43-31-12-6-3-9-26(31)33/h1-19,33,38H,20-21H2,(H,39,42). The van der Waals surface area contributed by atoms with E-state index in [9.17, 15) is 4.79 Å². The van der Waals surface area contributed by atoms with Gasteiger partial charge in [0.1, 0.15) is 17.3 Å². The van der Waals surface area contributed by atoms with Crippen LogP contribution in [0.3, 0.4) is 0 Å². The van der Waals surface area contributed by atoms with Crippen molar-refractivity contribution in [1.29, 1.82) is 0 Å². The second kappa shape index (κ2) is 11.6. The predicted molar refractivity (Wildman–Crippen MR) is 174 cm³/mol. The predicted octanol–water partition coefficient (Wildman–Crippen LogP) is 8.58. The number of para-hydroxylation sites is 2. The van der Waals surface area contributed by atoms with Gasteiger partial charge in [-0.2, -0.15) is 0 Å². The number of fused-ring (bicyclic) bond motifs is 3. The van der Waals surface area contributed by atoms with Crippen LogP contribution < -0.4 is 15.4 Å². The molecule has 43 heavy (non-hydrogen) atoms. The summed E-state index contributed by atoms with van der Waals surface area (Å²) >= 11 is 10.1. The third-order valence-electron chi connectivity index (χ3n) is 7.63. The molecule has 1 aliphatic rings. The van der Waals surface area contributed by atoms with Crippen LogP contribution >= 0.6 is 27.5 Å². The highest BCUT2D eigenvalue weighted by Gasteiger charge is 2.32. The molecule has 0 aliphatic carbocycles. The quantitative estimate of drug-likeness (QED) is 0.182. The summed E-state index contributed by atoms with van der Waals surface area (Å²) in [7, 11) is 0. The Balaban J connectivity index is 1.05. The van der Waals surface area contributed by atoms with Crippen LogP contribution in [0.25, 0.3) is 16.9 Å². The van der Waals surface area contributed by atoms with Crippen LogP contribution in [0, 0.1) is 0 Å². The molecule has 0 atom stereocenters. The Kier molecular flexibility index (Phi) is 7.35. The Morgan fingerprint density at radius 2 is 1.47 bits per heavy atom. The number of benzene rings is 4. The maximum absolute atomic E-state index is 13.5. The maximum Gasteiger partial charge on any atom is 0.232 e. The molecule has 0 spiro atoms. The average Bonchev–Trinajstić information content (AvgIpc) is 3.42. The minimum atomic E-state index is -0.425. The number of hydrogen-bond acceptors (Lipinski definition) is 4. The molecule has 6 nitrogen and oxygen atoms in total. The number of carbonyl (C=O) groups excluding carboxylic acids is 1. The summed E-state index contributed by atoms with van der Waals surface area (Å²) in [5.41, 5.74) is 6.35. The van der Waals surface area contributed by atoms with Crippen molar-refractivity contribution in [2.45, 2.75) is 19.0 Å². The van der Waals surface area contributed by atoms with E-state index in [0.717, 1.165) is 60.9 Å². The monoisotopic (exact) mass is 648 g/mol. The highest BCUT2D eigenvalue weighted by atomic mass is 79.9. The molecule has 1 amide bonds. The first-order valence-corrected chi connectivity index (χ1v) is 15.1. The molecule has 0 saturated carbocycles. The summed E-state index contributed by atoms with van der Waals surface area (Å²) in [5.74, 6) is 1.86. The summed E-state index contributed by atoms with van der Waals surface area (Å²) in [6, 6.07) is 35.4. The van der Waals surface area contributed by atoms with Crippen LogP contribution in [-0.4, -0.2) is 15.3 Å². The van der Waals surface area contributed by atoms with Crippen LogP contribution in [0.15, 0.2) is 120 Å². The molecule has 6 aromatic rings. The number of carbonyl (C=O) groups is 1. The van der Waals surface area contributed by atoms with E-state index < -0.39 is 5.92 Å². The number of nitrogens with one attached hydrogen (secondary N) is 2. The van der Waals surface area contributed by atoms with Crippen molar-refractivity contribution < 1.29 is 9.53 Å². The van der Waals surface area contributed by atoms with Gasteiger partial charge >= 0.3 is 0 Å². The first-order chi connectivity index (χ1) is 21.0. The Bertz CT molecular complexity index is 1930. The van der Waals surface area contributed by atoms with E-state index in [4.69, 9.17) is 21.3 Å². The van der Waals surface area contributed by atoms with Gasteiger partial charge in [-0.15, -0.1) is 0 Å². The molecule has 7 rings (SSSR count). The van der Waals surface area contributed by atoms with Gasteiger partial charge in [-0.25, -0.2) is 4.98 Å². The lowest BCUT2D eigenvalue weighted by atomic mass is 9.87. The van der Waals surface area contributed by atoms with Crippen molar-refractivity contribution in [2.24, 2.45) is 0 Å². The van der Waals surface area contributed by atoms with Crippen molar-refractivity contribution >= 4 is 44.9 Å². The van der Waals surface area contributed by atoms with E-state index in [1.807, 2.05) is 108 Å². The van der Waals surface area contributed by atoms with Crippen LogP contribution in [0.5, 0.6) is 11.5 Å². The van der Waals surface area contributed by atoms with E-state index in [1.54, 1.807) is 0 Å². The van der Waals surface area contributed by atoms with Gasteiger partial charge in [-0.05, 0) is 51.3 Å². The van der Waals surface area contributed by atoms with Crippen LogP contribution in [-0.2, 0) is 17.9 Å². The molecule has 0 saturated heterocycles. The molecule has 0 fully saturated rings. The van der Waals surface area contributed by atoms with Crippen molar-refractivity contribution in [3.05, 3.63) is 147 Å². The first kappa shape index (κ1) is 27.3. The third-order valence-corrected chi connectivity index (χ3v) is 8.57. The van der Waals surface area contributed by atoms with Crippen molar-refractivity contribution in [1.82, 2.24) is 14.7 Å². The number of anilines is 1. The fourth-order valence-corrected chi connectivity index (χ4v) is 6.07. The van der Waals surface area contributed by atoms with Gasteiger partial charge in [0.05, 0.1) is 16.1 Å². The molecular formula is C35H26BrClN4O2. The lowest BCUT2D eigenvalue weighted by Crippen LogP contribution is -2.31. The van der Waals surface area contributed by atoms with E-state index in [1.165, 1.54) is 0 Å². The summed E-state index contributed by atoms with van der Waals surface area (Å²) in [6.45, 7) is 1.04. The highest BCUT2D eigenvalue weighted by molar-refractivity contribution is 9.10. The van der Waals surface area contributed by atoms with Gasteiger partial charge in [0.25, 0.3) is 0 Å². The highest BCUT2D eigenvalue weighted by Crippen LogP contribution is 2.44. The number of nitrogens with zero attached hydrogens (tertiary/aromatic N) is 2. The number of aromatic nitrogens is 2. The maximum atomic E-state index is 13.5. The van der Waals surface area contributed by atoms with Crippen LogP contribution in [0.1, 0.15) is 28.2 Å². The minimum absolute atomic E-state index is 0.0529. The number of amides is 1. The third kappa shape index (κ3) is 5.38. The first-order valence-electron chi connectivity index (χ1n) is 13.9.